The van der Waals surface area contributed by atoms with Crippen molar-refractivity contribution in [1.82, 2.24) is 20.3 Å². The number of piperazine rings is 1. The van der Waals surface area contributed by atoms with Gasteiger partial charge in [-0.1, -0.05) is 12.1 Å². The van der Waals surface area contributed by atoms with Crippen LogP contribution in [-0.4, -0.2) is 52.4 Å². The van der Waals surface area contributed by atoms with Gasteiger partial charge in [-0.3, -0.25) is 10.4 Å². The van der Waals surface area contributed by atoms with E-state index in [0.29, 0.717) is 5.11 Å². The fourth-order valence-corrected chi connectivity index (χ4v) is 2.59. The van der Waals surface area contributed by atoms with Gasteiger partial charge in [-0.2, -0.15) is 5.10 Å². The van der Waals surface area contributed by atoms with Crippen molar-refractivity contribution in [3.8, 4) is 0 Å². The van der Waals surface area contributed by atoms with Crippen LogP contribution in [0.4, 0.5) is 5.82 Å². The van der Waals surface area contributed by atoms with Crippen molar-refractivity contribution in [3.63, 3.8) is 0 Å². The Kier molecular flexibility index (Phi) is 5.10. The molecule has 1 aliphatic rings. The molecule has 1 fully saturated rings. The summed E-state index contributed by atoms with van der Waals surface area (Å²) in [5.74, 6) is 1.01. The smallest absolute Gasteiger partial charge is 0.189 e. The van der Waals surface area contributed by atoms with Crippen molar-refractivity contribution in [2.24, 2.45) is 5.10 Å². The van der Waals surface area contributed by atoms with Gasteiger partial charge in [-0.15, -0.1) is 0 Å². The Balaban J connectivity index is 1.48. The Hall–Kier alpha value is -2.54. The molecular weight excluding hydrogens is 308 g/mol. The Bertz CT molecular complexity index is 653. The lowest BCUT2D eigenvalue weighted by Crippen LogP contribution is -2.51. The monoisotopic (exact) mass is 326 g/mol. The average molecular weight is 326 g/mol. The van der Waals surface area contributed by atoms with E-state index in [0.717, 1.165) is 37.7 Å². The number of thiocarbonyl (C=S) groups is 1. The number of hydrogen-bond acceptors (Lipinski definition) is 5. The summed E-state index contributed by atoms with van der Waals surface area (Å²) in [6.45, 7) is 3.48. The molecule has 0 spiro atoms. The second kappa shape index (κ2) is 7.64. The molecule has 0 radical (unpaired) electrons. The van der Waals surface area contributed by atoms with Crippen molar-refractivity contribution < 1.29 is 0 Å². The molecule has 6 nitrogen and oxygen atoms in total. The van der Waals surface area contributed by atoms with Crippen LogP contribution in [0.25, 0.3) is 0 Å². The van der Waals surface area contributed by atoms with Crippen LogP contribution in [-0.2, 0) is 0 Å². The molecule has 1 aliphatic heterocycles. The minimum Gasteiger partial charge on any atom is -0.353 e. The maximum atomic E-state index is 5.39. The minimum atomic E-state index is 0.637. The summed E-state index contributed by atoms with van der Waals surface area (Å²) >= 11 is 5.39. The van der Waals surface area contributed by atoms with E-state index in [1.165, 1.54) is 0 Å². The lowest BCUT2D eigenvalue weighted by atomic mass is 10.3. The van der Waals surface area contributed by atoms with Crippen LogP contribution in [0.15, 0.2) is 53.9 Å². The predicted molar refractivity (Wildman–Crippen MR) is 95.6 cm³/mol. The van der Waals surface area contributed by atoms with Gasteiger partial charge in [0.2, 0.25) is 0 Å². The van der Waals surface area contributed by atoms with Crippen molar-refractivity contribution in [2.45, 2.75) is 0 Å². The number of nitrogens with zero attached hydrogens (tertiary/aromatic N) is 5. The molecule has 23 heavy (non-hydrogen) atoms. The third-order valence-corrected chi connectivity index (χ3v) is 3.93. The summed E-state index contributed by atoms with van der Waals surface area (Å²) < 4.78 is 0. The average Bonchev–Trinajstić information content (AvgIpc) is 2.63. The van der Waals surface area contributed by atoms with E-state index < -0.39 is 0 Å². The zero-order valence-electron chi connectivity index (χ0n) is 12.7. The number of aromatic nitrogens is 2. The first-order valence-electron chi connectivity index (χ1n) is 7.48. The molecule has 3 rings (SSSR count). The van der Waals surface area contributed by atoms with Gasteiger partial charge in [-0.05, 0) is 36.5 Å². The molecule has 0 aromatic carbocycles. The van der Waals surface area contributed by atoms with Crippen molar-refractivity contribution >= 4 is 29.4 Å². The number of nitrogens with one attached hydrogen (secondary N) is 1. The van der Waals surface area contributed by atoms with Gasteiger partial charge in [0.05, 0.1) is 11.9 Å². The maximum Gasteiger partial charge on any atom is 0.189 e. The summed E-state index contributed by atoms with van der Waals surface area (Å²) in [6.07, 6.45) is 5.22. The summed E-state index contributed by atoms with van der Waals surface area (Å²) in [6, 6.07) is 11.6. The number of hydrogen-bond donors (Lipinski definition) is 1. The summed E-state index contributed by atoms with van der Waals surface area (Å²) in [7, 11) is 0. The van der Waals surface area contributed by atoms with E-state index in [9.17, 15) is 0 Å². The Morgan fingerprint density at radius 3 is 2.43 bits per heavy atom. The fourth-order valence-electron chi connectivity index (χ4n) is 2.36. The third kappa shape index (κ3) is 4.23. The molecule has 0 amide bonds. The first kappa shape index (κ1) is 15.4. The second-order valence-corrected chi connectivity index (χ2v) is 5.48. The highest BCUT2D eigenvalue weighted by Crippen LogP contribution is 2.12. The van der Waals surface area contributed by atoms with Crippen LogP contribution in [0.2, 0.25) is 0 Å². The maximum absolute atomic E-state index is 5.39. The van der Waals surface area contributed by atoms with Gasteiger partial charge in [0.1, 0.15) is 5.82 Å². The van der Waals surface area contributed by atoms with E-state index >= 15 is 0 Å². The lowest BCUT2D eigenvalue weighted by molar-refractivity contribution is 0.380. The SMILES string of the molecule is S=C(N/N=C/c1ccccn1)N1CCN(c2ccccn2)CC1. The molecule has 1 saturated heterocycles. The van der Waals surface area contributed by atoms with Gasteiger partial charge >= 0.3 is 0 Å². The zero-order valence-corrected chi connectivity index (χ0v) is 13.5. The third-order valence-electron chi connectivity index (χ3n) is 3.58. The molecule has 3 heterocycles. The molecule has 7 heteroatoms. The lowest BCUT2D eigenvalue weighted by Gasteiger charge is -2.36. The molecule has 0 bridgehead atoms. The Morgan fingerprint density at radius 1 is 1.04 bits per heavy atom. The van der Waals surface area contributed by atoms with Gasteiger partial charge in [0.25, 0.3) is 0 Å². The van der Waals surface area contributed by atoms with E-state index in [1.807, 2.05) is 42.6 Å². The van der Waals surface area contributed by atoms with E-state index in [1.54, 1.807) is 12.4 Å². The summed E-state index contributed by atoms with van der Waals surface area (Å²) in [4.78, 5) is 12.9. The van der Waals surface area contributed by atoms with Crippen molar-refractivity contribution in [2.75, 3.05) is 31.1 Å². The van der Waals surface area contributed by atoms with Crippen LogP contribution >= 0.6 is 12.2 Å². The quantitative estimate of drug-likeness (QED) is 0.524. The number of hydrazone groups is 1. The first-order valence-corrected chi connectivity index (χ1v) is 7.89. The Morgan fingerprint density at radius 2 is 1.78 bits per heavy atom. The standard InChI is InChI=1S/C16H18N6S/c23-16(20-19-13-14-5-1-3-7-17-14)22-11-9-21(10-12-22)15-6-2-4-8-18-15/h1-8,13H,9-12H2,(H,20,23)/b19-13+. The predicted octanol–water partition coefficient (Wildman–Crippen LogP) is 1.51. The normalized spacial score (nSPS) is 15.0. The molecule has 1 N–H and O–H groups in total. The highest BCUT2D eigenvalue weighted by molar-refractivity contribution is 7.80. The largest absolute Gasteiger partial charge is 0.353 e. The molecule has 2 aromatic heterocycles. The first-order chi connectivity index (χ1) is 11.3. The summed E-state index contributed by atoms with van der Waals surface area (Å²) in [5, 5.41) is 4.78. The highest BCUT2D eigenvalue weighted by Gasteiger charge is 2.19. The van der Waals surface area contributed by atoms with Gasteiger partial charge in [-0.25, -0.2) is 4.98 Å². The summed E-state index contributed by atoms with van der Waals surface area (Å²) in [5.41, 5.74) is 3.70. The van der Waals surface area contributed by atoms with Gasteiger partial charge < -0.3 is 9.80 Å². The Labute approximate surface area is 140 Å². The van der Waals surface area contributed by atoms with Crippen LogP contribution in [0.1, 0.15) is 5.69 Å². The topological polar surface area (TPSA) is 56.7 Å². The fraction of sp³-hybridized carbons (Fsp3) is 0.250. The minimum absolute atomic E-state index is 0.637. The van der Waals surface area contributed by atoms with Crippen molar-refractivity contribution in [1.29, 1.82) is 0 Å². The second-order valence-electron chi connectivity index (χ2n) is 5.09. The van der Waals surface area contributed by atoms with E-state index in [4.69, 9.17) is 12.2 Å². The van der Waals surface area contributed by atoms with E-state index in [2.05, 4.69) is 30.3 Å². The van der Waals surface area contributed by atoms with Crippen molar-refractivity contribution in [3.05, 3.63) is 54.5 Å². The molecule has 0 saturated carbocycles. The molecule has 0 unspecified atom stereocenters. The number of rotatable bonds is 3. The van der Waals surface area contributed by atoms with Crippen LogP contribution < -0.4 is 10.3 Å². The zero-order chi connectivity index (χ0) is 15.9. The molecule has 2 aromatic rings. The highest BCUT2D eigenvalue weighted by atomic mass is 32.1. The number of anilines is 1. The van der Waals surface area contributed by atoms with Crippen LogP contribution in [0.3, 0.4) is 0 Å². The molecule has 118 valence electrons. The molecule has 0 aliphatic carbocycles. The number of pyridine rings is 2. The van der Waals surface area contributed by atoms with Crippen LogP contribution in [0, 0.1) is 0 Å². The molecule has 0 atom stereocenters. The molecular formula is C16H18N6S. The van der Waals surface area contributed by atoms with E-state index in [-0.39, 0.29) is 0 Å². The van der Waals surface area contributed by atoms with Crippen LogP contribution in [0.5, 0.6) is 0 Å². The van der Waals surface area contributed by atoms with Gasteiger partial charge in [0, 0.05) is 38.6 Å². The van der Waals surface area contributed by atoms with Gasteiger partial charge in [0.15, 0.2) is 5.11 Å².